The average molecular weight is 316 g/mol. The first kappa shape index (κ1) is 15.4. The molecular weight excluding hydrogens is 299 g/mol. The van der Waals surface area contributed by atoms with Gasteiger partial charge in [-0.15, -0.1) is 0 Å². The molecule has 0 bridgehead atoms. The SMILES string of the molecule is CC[C@H]1CN(c2ccc(-c3ccc(CO)cn3)c(F)c2)C(=O)O1. The molecule has 5 nitrogen and oxygen atoms in total. The Morgan fingerprint density at radius 3 is 2.78 bits per heavy atom. The molecular formula is C17H17FN2O3. The number of aliphatic hydroxyl groups excluding tert-OH is 1. The lowest BCUT2D eigenvalue weighted by Crippen LogP contribution is -2.24. The van der Waals surface area contributed by atoms with Crippen molar-refractivity contribution in [2.75, 3.05) is 11.4 Å². The molecule has 1 aromatic carbocycles. The third-order valence-corrected chi connectivity index (χ3v) is 3.88. The van der Waals surface area contributed by atoms with Gasteiger partial charge in [0.2, 0.25) is 0 Å². The van der Waals surface area contributed by atoms with Crippen molar-refractivity contribution in [1.29, 1.82) is 0 Å². The van der Waals surface area contributed by atoms with Gasteiger partial charge in [-0.2, -0.15) is 0 Å². The molecule has 1 amide bonds. The largest absolute Gasteiger partial charge is 0.444 e. The number of pyridine rings is 1. The van der Waals surface area contributed by atoms with Gasteiger partial charge in [-0.05, 0) is 36.2 Å². The van der Waals surface area contributed by atoms with Gasteiger partial charge in [0.15, 0.2) is 0 Å². The Bertz CT molecular complexity index is 718. The molecule has 1 aliphatic heterocycles. The topological polar surface area (TPSA) is 62.7 Å². The molecule has 120 valence electrons. The highest BCUT2D eigenvalue weighted by Gasteiger charge is 2.31. The Labute approximate surface area is 133 Å². The zero-order chi connectivity index (χ0) is 16.4. The maximum Gasteiger partial charge on any atom is 0.414 e. The van der Waals surface area contributed by atoms with E-state index < -0.39 is 11.9 Å². The normalized spacial score (nSPS) is 17.4. The Morgan fingerprint density at radius 2 is 2.22 bits per heavy atom. The van der Waals surface area contributed by atoms with Gasteiger partial charge >= 0.3 is 6.09 Å². The van der Waals surface area contributed by atoms with Crippen LogP contribution in [0.15, 0.2) is 36.5 Å². The lowest BCUT2D eigenvalue weighted by atomic mass is 10.1. The second kappa shape index (κ2) is 6.34. The predicted molar refractivity (Wildman–Crippen MR) is 83.5 cm³/mol. The quantitative estimate of drug-likeness (QED) is 0.941. The van der Waals surface area contributed by atoms with Gasteiger partial charge < -0.3 is 9.84 Å². The summed E-state index contributed by atoms with van der Waals surface area (Å²) in [5, 5.41) is 9.01. The number of hydrogen-bond donors (Lipinski definition) is 1. The summed E-state index contributed by atoms with van der Waals surface area (Å²) in [6, 6.07) is 7.94. The minimum absolute atomic E-state index is 0.107. The molecule has 1 atom stereocenters. The number of amides is 1. The van der Waals surface area contributed by atoms with E-state index >= 15 is 0 Å². The van der Waals surface area contributed by atoms with E-state index in [0.717, 1.165) is 6.42 Å². The number of aliphatic hydroxyl groups is 1. The first-order chi connectivity index (χ1) is 11.1. The van der Waals surface area contributed by atoms with Crippen LogP contribution in [0, 0.1) is 5.82 Å². The number of aromatic nitrogens is 1. The van der Waals surface area contributed by atoms with Crippen molar-refractivity contribution in [2.24, 2.45) is 0 Å². The van der Waals surface area contributed by atoms with E-state index in [4.69, 9.17) is 9.84 Å². The first-order valence-electron chi connectivity index (χ1n) is 7.46. The Balaban J connectivity index is 1.87. The number of carbonyl (C=O) groups is 1. The molecule has 2 heterocycles. The van der Waals surface area contributed by atoms with Crippen LogP contribution in [-0.2, 0) is 11.3 Å². The van der Waals surface area contributed by atoms with Crippen molar-refractivity contribution in [2.45, 2.75) is 26.1 Å². The summed E-state index contributed by atoms with van der Waals surface area (Å²) < 4.78 is 19.6. The Hall–Kier alpha value is -2.47. The molecule has 1 saturated heterocycles. The highest BCUT2D eigenvalue weighted by atomic mass is 19.1. The molecule has 0 aliphatic carbocycles. The van der Waals surface area contributed by atoms with Crippen LogP contribution in [0.4, 0.5) is 14.9 Å². The highest BCUT2D eigenvalue weighted by Crippen LogP contribution is 2.28. The number of halogens is 1. The van der Waals surface area contributed by atoms with Crippen molar-refractivity contribution in [3.05, 3.63) is 47.9 Å². The molecule has 2 aromatic rings. The van der Waals surface area contributed by atoms with E-state index in [-0.39, 0.29) is 12.7 Å². The van der Waals surface area contributed by atoms with Crippen LogP contribution in [0.2, 0.25) is 0 Å². The molecule has 1 aliphatic rings. The molecule has 1 N–H and O–H groups in total. The molecule has 0 radical (unpaired) electrons. The lowest BCUT2D eigenvalue weighted by molar-refractivity contribution is 0.139. The van der Waals surface area contributed by atoms with E-state index in [0.29, 0.717) is 29.1 Å². The summed E-state index contributed by atoms with van der Waals surface area (Å²) in [7, 11) is 0. The van der Waals surface area contributed by atoms with Crippen molar-refractivity contribution in [1.82, 2.24) is 4.98 Å². The van der Waals surface area contributed by atoms with Gasteiger partial charge in [0, 0.05) is 11.8 Å². The summed E-state index contributed by atoms with van der Waals surface area (Å²) in [5.41, 5.74) is 1.95. The van der Waals surface area contributed by atoms with E-state index in [9.17, 15) is 9.18 Å². The smallest absolute Gasteiger partial charge is 0.414 e. The van der Waals surface area contributed by atoms with Crippen LogP contribution in [0.3, 0.4) is 0 Å². The summed E-state index contributed by atoms with van der Waals surface area (Å²) in [4.78, 5) is 17.4. The third-order valence-electron chi connectivity index (χ3n) is 3.88. The molecule has 23 heavy (non-hydrogen) atoms. The van der Waals surface area contributed by atoms with Crippen molar-refractivity contribution >= 4 is 11.8 Å². The van der Waals surface area contributed by atoms with Crippen LogP contribution in [0.1, 0.15) is 18.9 Å². The molecule has 0 spiro atoms. The molecule has 1 fully saturated rings. The highest BCUT2D eigenvalue weighted by molar-refractivity contribution is 5.90. The summed E-state index contributed by atoms with van der Waals surface area (Å²) in [6.07, 6.45) is 1.63. The minimum atomic E-state index is -0.459. The zero-order valence-electron chi connectivity index (χ0n) is 12.7. The second-order valence-corrected chi connectivity index (χ2v) is 5.40. The predicted octanol–water partition coefficient (Wildman–Crippen LogP) is 3.12. The number of ether oxygens (including phenoxy) is 1. The van der Waals surface area contributed by atoms with E-state index in [1.807, 2.05) is 6.92 Å². The maximum atomic E-state index is 14.4. The maximum absolute atomic E-state index is 14.4. The number of cyclic esters (lactones) is 1. The fourth-order valence-electron chi connectivity index (χ4n) is 2.50. The number of nitrogens with zero attached hydrogens (tertiary/aromatic N) is 2. The molecule has 3 rings (SSSR count). The fourth-order valence-corrected chi connectivity index (χ4v) is 2.50. The monoisotopic (exact) mass is 316 g/mol. The minimum Gasteiger partial charge on any atom is -0.444 e. The summed E-state index contributed by atoms with van der Waals surface area (Å²) in [5.74, 6) is -0.459. The second-order valence-electron chi connectivity index (χ2n) is 5.40. The number of carbonyl (C=O) groups excluding carboxylic acids is 1. The molecule has 0 saturated carbocycles. The number of benzene rings is 1. The Morgan fingerprint density at radius 1 is 1.39 bits per heavy atom. The van der Waals surface area contributed by atoms with Gasteiger partial charge in [0.25, 0.3) is 0 Å². The van der Waals surface area contributed by atoms with Crippen LogP contribution < -0.4 is 4.90 Å². The summed E-state index contributed by atoms with van der Waals surface area (Å²) in [6.45, 7) is 2.26. The van der Waals surface area contributed by atoms with Gasteiger partial charge in [-0.1, -0.05) is 13.0 Å². The third kappa shape index (κ3) is 3.03. The van der Waals surface area contributed by atoms with Gasteiger partial charge in [-0.25, -0.2) is 9.18 Å². The van der Waals surface area contributed by atoms with Gasteiger partial charge in [-0.3, -0.25) is 9.88 Å². The van der Waals surface area contributed by atoms with E-state index in [2.05, 4.69) is 4.98 Å². The van der Waals surface area contributed by atoms with Crippen LogP contribution in [0.25, 0.3) is 11.3 Å². The van der Waals surface area contributed by atoms with Gasteiger partial charge in [0.1, 0.15) is 11.9 Å². The Kier molecular flexibility index (Phi) is 4.25. The number of anilines is 1. The number of rotatable bonds is 4. The average Bonchev–Trinajstić information content (AvgIpc) is 2.96. The van der Waals surface area contributed by atoms with Crippen molar-refractivity contribution in [3.63, 3.8) is 0 Å². The van der Waals surface area contributed by atoms with Gasteiger partial charge in [0.05, 0.1) is 24.5 Å². The van der Waals surface area contributed by atoms with Crippen molar-refractivity contribution < 1.29 is 19.0 Å². The van der Waals surface area contributed by atoms with E-state index in [1.165, 1.54) is 17.2 Å². The van der Waals surface area contributed by atoms with Crippen LogP contribution >= 0.6 is 0 Å². The van der Waals surface area contributed by atoms with Crippen LogP contribution in [-0.4, -0.2) is 28.8 Å². The van der Waals surface area contributed by atoms with Crippen LogP contribution in [0.5, 0.6) is 0 Å². The lowest BCUT2D eigenvalue weighted by Gasteiger charge is -2.14. The first-order valence-corrected chi connectivity index (χ1v) is 7.46. The molecule has 0 unspecified atom stereocenters. The standard InChI is InChI=1S/C17H17FN2O3/c1-2-13-9-20(17(22)23-13)12-4-5-14(15(18)7-12)16-6-3-11(10-21)8-19-16/h3-8,13,21H,2,9-10H2,1H3/t13-/m0/s1. The van der Waals surface area contributed by atoms with Crippen molar-refractivity contribution in [3.8, 4) is 11.3 Å². The fraction of sp³-hybridized carbons (Fsp3) is 0.294. The summed E-state index contributed by atoms with van der Waals surface area (Å²) >= 11 is 0. The zero-order valence-corrected chi connectivity index (χ0v) is 12.7. The molecule has 1 aromatic heterocycles. The van der Waals surface area contributed by atoms with E-state index in [1.54, 1.807) is 24.3 Å². The molecule has 6 heteroatoms. The number of hydrogen-bond acceptors (Lipinski definition) is 4.